The Bertz CT molecular complexity index is 239. The average Bonchev–Trinajstić information content (AvgIpc) is 2.06. The molecule has 6 nitrogen and oxygen atoms in total. The molecule has 0 saturated carbocycles. The summed E-state index contributed by atoms with van der Waals surface area (Å²) in [4.78, 5) is 24.0. The van der Waals surface area contributed by atoms with E-state index in [9.17, 15) is 9.59 Å². The zero-order chi connectivity index (χ0) is 9.40. The quantitative estimate of drug-likeness (QED) is 0.262. The van der Waals surface area contributed by atoms with Crippen LogP contribution in [0.25, 0.3) is 0 Å². The highest BCUT2D eigenvalue weighted by molar-refractivity contribution is 5.69. The van der Waals surface area contributed by atoms with Crippen molar-refractivity contribution in [1.82, 2.24) is 4.90 Å². The molecule has 0 aromatic heterocycles. The van der Waals surface area contributed by atoms with Crippen molar-refractivity contribution in [3.8, 4) is 6.19 Å². The molecule has 0 aliphatic rings. The third-order valence-corrected chi connectivity index (χ3v) is 0.886. The van der Waals surface area contributed by atoms with Crippen LogP contribution >= 0.6 is 0 Å². The Labute approximate surface area is 69.0 Å². The predicted octanol–water partition coefficient (Wildman–Crippen LogP) is 0.219. The first-order valence-corrected chi connectivity index (χ1v) is 3.14. The van der Waals surface area contributed by atoms with E-state index in [0.717, 1.165) is 0 Å². The molecule has 6 heteroatoms. The van der Waals surface area contributed by atoms with Gasteiger partial charge in [0.05, 0.1) is 6.61 Å². The fourth-order valence-electron chi connectivity index (χ4n) is 0.431. The highest BCUT2D eigenvalue weighted by Crippen LogP contribution is 1.91. The van der Waals surface area contributed by atoms with Crippen LogP contribution in [0.3, 0.4) is 0 Å². The van der Waals surface area contributed by atoms with Gasteiger partial charge in [0.2, 0.25) is 6.08 Å². The van der Waals surface area contributed by atoms with E-state index in [2.05, 4.69) is 9.73 Å². The van der Waals surface area contributed by atoms with Gasteiger partial charge in [0.15, 0.2) is 6.19 Å². The van der Waals surface area contributed by atoms with Crippen LogP contribution < -0.4 is 0 Å². The van der Waals surface area contributed by atoms with E-state index in [4.69, 9.17) is 5.26 Å². The lowest BCUT2D eigenvalue weighted by atomic mass is 10.8. The molecule has 0 radical (unpaired) electrons. The molecule has 0 N–H and O–H groups in total. The Morgan fingerprint density at radius 2 is 2.42 bits per heavy atom. The lowest BCUT2D eigenvalue weighted by Gasteiger charge is -2.08. The Morgan fingerprint density at radius 1 is 1.75 bits per heavy atom. The summed E-state index contributed by atoms with van der Waals surface area (Å²) in [6.07, 6.45) is 1.89. The van der Waals surface area contributed by atoms with E-state index in [1.54, 1.807) is 6.92 Å². The Hall–Kier alpha value is -1.86. The van der Waals surface area contributed by atoms with Crippen molar-refractivity contribution in [2.45, 2.75) is 6.92 Å². The van der Waals surface area contributed by atoms with Crippen molar-refractivity contribution in [3.63, 3.8) is 0 Å². The Morgan fingerprint density at radius 3 is 2.83 bits per heavy atom. The van der Waals surface area contributed by atoms with Crippen LogP contribution in [0.5, 0.6) is 0 Å². The second kappa shape index (κ2) is 5.89. The maximum absolute atomic E-state index is 10.8. The number of nitrogens with zero attached hydrogens (tertiary/aromatic N) is 3. The summed E-state index contributed by atoms with van der Waals surface area (Å²) in [5, 5.41) is 8.33. The van der Waals surface area contributed by atoms with Crippen LogP contribution in [-0.4, -0.2) is 30.3 Å². The molecule has 0 bridgehead atoms. The SMILES string of the molecule is CCOC(=O)N(C#N)CN=C=O. The summed E-state index contributed by atoms with van der Waals surface area (Å²) in [6.45, 7) is 1.43. The van der Waals surface area contributed by atoms with Crippen molar-refractivity contribution >= 4 is 12.2 Å². The van der Waals surface area contributed by atoms with E-state index in [0.29, 0.717) is 4.90 Å². The standard InChI is InChI=1S/C6H7N3O3/c1-2-12-6(11)9(3-7)4-8-5-10/h2,4H2,1H3. The van der Waals surface area contributed by atoms with Crippen LogP contribution in [0.1, 0.15) is 6.92 Å². The highest BCUT2D eigenvalue weighted by atomic mass is 16.6. The monoisotopic (exact) mass is 169 g/mol. The number of ether oxygens (including phenoxy) is 1. The van der Waals surface area contributed by atoms with Gasteiger partial charge in [0.1, 0.15) is 6.67 Å². The minimum atomic E-state index is -0.820. The highest BCUT2D eigenvalue weighted by Gasteiger charge is 2.11. The molecule has 0 saturated heterocycles. The van der Waals surface area contributed by atoms with Gasteiger partial charge in [-0.2, -0.15) is 15.2 Å². The van der Waals surface area contributed by atoms with Crippen LogP contribution in [-0.2, 0) is 9.53 Å². The van der Waals surface area contributed by atoms with Gasteiger partial charge in [-0.15, -0.1) is 0 Å². The second-order valence-electron chi connectivity index (χ2n) is 1.62. The third-order valence-electron chi connectivity index (χ3n) is 0.886. The average molecular weight is 169 g/mol. The van der Waals surface area contributed by atoms with Gasteiger partial charge in [0, 0.05) is 0 Å². The van der Waals surface area contributed by atoms with Crippen LogP contribution in [0.4, 0.5) is 4.79 Å². The Balaban J connectivity index is 4.07. The van der Waals surface area contributed by atoms with Gasteiger partial charge in [-0.3, -0.25) is 0 Å². The van der Waals surface area contributed by atoms with Gasteiger partial charge >= 0.3 is 6.09 Å². The van der Waals surface area contributed by atoms with E-state index >= 15 is 0 Å². The summed E-state index contributed by atoms with van der Waals surface area (Å²) in [7, 11) is 0. The molecular formula is C6H7N3O3. The van der Waals surface area contributed by atoms with Gasteiger partial charge in [-0.05, 0) is 6.92 Å². The molecular weight excluding hydrogens is 162 g/mol. The number of isocyanates is 1. The number of carbonyl (C=O) groups excluding carboxylic acids is 2. The zero-order valence-corrected chi connectivity index (χ0v) is 6.48. The lowest BCUT2D eigenvalue weighted by molar-refractivity contribution is 0.125. The first-order chi connectivity index (χ1) is 5.76. The van der Waals surface area contributed by atoms with Crippen LogP contribution in [0, 0.1) is 11.5 Å². The van der Waals surface area contributed by atoms with Gasteiger partial charge < -0.3 is 4.74 Å². The first kappa shape index (κ1) is 10.1. The summed E-state index contributed by atoms with van der Waals surface area (Å²) >= 11 is 0. The van der Waals surface area contributed by atoms with Crippen molar-refractivity contribution in [3.05, 3.63) is 0 Å². The zero-order valence-electron chi connectivity index (χ0n) is 6.48. The molecule has 0 heterocycles. The van der Waals surface area contributed by atoms with Gasteiger partial charge in [-0.25, -0.2) is 9.59 Å². The third kappa shape index (κ3) is 3.34. The molecule has 0 spiro atoms. The molecule has 0 unspecified atom stereocenters. The molecule has 0 aliphatic carbocycles. The summed E-state index contributed by atoms with van der Waals surface area (Å²) < 4.78 is 4.47. The minimum absolute atomic E-state index is 0.168. The number of nitriles is 1. The molecule has 12 heavy (non-hydrogen) atoms. The summed E-state index contributed by atoms with van der Waals surface area (Å²) in [6, 6.07) is 0. The summed E-state index contributed by atoms with van der Waals surface area (Å²) in [5.41, 5.74) is 0. The smallest absolute Gasteiger partial charge is 0.424 e. The topological polar surface area (TPSA) is 82.8 Å². The second-order valence-corrected chi connectivity index (χ2v) is 1.62. The molecule has 0 aliphatic heterocycles. The predicted molar refractivity (Wildman–Crippen MR) is 37.5 cm³/mol. The molecule has 64 valence electrons. The molecule has 0 fully saturated rings. The maximum Gasteiger partial charge on any atom is 0.424 e. The van der Waals surface area contributed by atoms with E-state index in [-0.39, 0.29) is 13.3 Å². The van der Waals surface area contributed by atoms with Crippen molar-refractivity contribution in [2.24, 2.45) is 4.99 Å². The molecule has 0 aromatic rings. The number of aliphatic imine (C=N–C) groups is 1. The minimum Gasteiger partial charge on any atom is -0.449 e. The molecule has 0 atom stereocenters. The van der Waals surface area contributed by atoms with Crippen molar-refractivity contribution in [1.29, 1.82) is 5.26 Å². The fourth-order valence-corrected chi connectivity index (χ4v) is 0.431. The number of amides is 1. The number of carbonyl (C=O) groups is 1. The normalized spacial score (nSPS) is 7.67. The molecule has 0 rings (SSSR count). The van der Waals surface area contributed by atoms with Crippen LogP contribution in [0.15, 0.2) is 4.99 Å². The van der Waals surface area contributed by atoms with Gasteiger partial charge in [0.25, 0.3) is 0 Å². The Kier molecular flexibility index (Phi) is 4.98. The summed E-state index contributed by atoms with van der Waals surface area (Å²) in [5.74, 6) is 0. The maximum atomic E-state index is 10.8. The number of hydrogen-bond donors (Lipinski definition) is 0. The lowest BCUT2D eigenvalue weighted by Crippen LogP contribution is -2.26. The van der Waals surface area contributed by atoms with Crippen molar-refractivity contribution < 1.29 is 14.3 Å². The van der Waals surface area contributed by atoms with E-state index < -0.39 is 6.09 Å². The van der Waals surface area contributed by atoms with Gasteiger partial charge in [-0.1, -0.05) is 0 Å². The molecule has 0 aromatic carbocycles. The van der Waals surface area contributed by atoms with Crippen LogP contribution in [0.2, 0.25) is 0 Å². The fraction of sp³-hybridized carbons (Fsp3) is 0.500. The number of hydrogen-bond acceptors (Lipinski definition) is 5. The number of rotatable bonds is 3. The van der Waals surface area contributed by atoms with E-state index in [1.807, 2.05) is 0 Å². The van der Waals surface area contributed by atoms with Crippen molar-refractivity contribution in [2.75, 3.05) is 13.3 Å². The van der Waals surface area contributed by atoms with E-state index in [1.165, 1.54) is 12.3 Å². The first-order valence-electron chi connectivity index (χ1n) is 3.14. The largest absolute Gasteiger partial charge is 0.449 e. The molecule has 1 amide bonds.